The number of imidazole rings is 1. The topological polar surface area (TPSA) is 69.8 Å². The van der Waals surface area contributed by atoms with E-state index in [0.717, 1.165) is 38.3 Å². The van der Waals surface area contributed by atoms with E-state index in [4.69, 9.17) is 5.26 Å². The maximum Gasteiger partial charge on any atom is 0.129 e. The molecule has 6 heteroatoms. The van der Waals surface area contributed by atoms with Crippen LogP contribution in [0.25, 0.3) is 0 Å². The summed E-state index contributed by atoms with van der Waals surface area (Å²) >= 11 is 0. The molecule has 28 heavy (non-hydrogen) atoms. The van der Waals surface area contributed by atoms with Gasteiger partial charge in [0, 0.05) is 44.3 Å². The zero-order chi connectivity index (χ0) is 19.2. The highest BCUT2D eigenvalue weighted by Gasteiger charge is 2.23. The Labute approximate surface area is 165 Å². The van der Waals surface area contributed by atoms with Crippen molar-refractivity contribution in [3.63, 3.8) is 0 Å². The highest BCUT2D eigenvalue weighted by molar-refractivity contribution is 5.45. The van der Waals surface area contributed by atoms with Crippen molar-refractivity contribution in [2.45, 2.75) is 31.5 Å². The Kier molecular flexibility index (Phi) is 5.64. The van der Waals surface area contributed by atoms with Crippen molar-refractivity contribution in [3.05, 3.63) is 78.5 Å². The normalized spacial score (nSPS) is 15.9. The minimum Gasteiger partial charge on any atom is -0.356 e. The van der Waals surface area contributed by atoms with Crippen LogP contribution in [-0.2, 0) is 6.54 Å². The number of anilines is 1. The number of nitrogens with one attached hydrogen (secondary N) is 1. The Morgan fingerprint density at radius 1 is 1.14 bits per heavy atom. The van der Waals surface area contributed by atoms with Gasteiger partial charge in [-0.1, -0.05) is 30.3 Å². The van der Waals surface area contributed by atoms with Gasteiger partial charge in [0.2, 0.25) is 0 Å². The molecule has 0 amide bonds. The third kappa shape index (κ3) is 4.38. The van der Waals surface area contributed by atoms with Gasteiger partial charge in [-0.2, -0.15) is 5.26 Å². The van der Waals surface area contributed by atoms with E-state index in [1.54, 1.807) is 12.3 Å². The van der Waals surface area contributed by atoms with E-state index >= 15 is 0 Å². The molecule has 142 valence electrons. The third-order valence-corrected chi connectivity index (χ3v) is 5.28. The van der Waals surface area contributed by atoms with Crippen molar-refractivity contribution in [1.29, 1.82) is 5.26 Å². The predicted octanol–water partition coefficient (Wildman–Crippen LogP) is 3.15. The van der Waals surface area contributed by atoms with Crippen LogP contribution in [0.15, 0.2) is 67.4 Å². The molecule has 1 unspecified atom stereocenters. The molecule has 3 heterocycles. The summed E-state index contributed by atoms with van der Waals surface area (Å²) in [5.74, 6) is 0.899. The van der Waals surface area contributed by atoms with Crippen LogP contribution in [0.5, 0.6) is 0 Å². The highest BCUT2D eigenvalue weighted by atomic mass is 15.2. The van der Waals surface area contributed by atoms with Gasteiger partial charge in [0.15, 0.2) is 0 Å². The summed E-state index contributed by atoms with van der Waals surface area (Å²) in [5.41, 5.74) is 1.96. The first-order chi connectivity index (χ1) is 13.8. The van der Waals surface area contributed by atoms with Gasteiger partial charge in [-0.05, 0) is 30.5 Å². The summed E-state index contributed by atoms with van der Waals surface area (Å²) in [6.07, 6.45) is 9.51. The van der Waals surface area contributed by atoms with Gasteiger partial charge in [0.25, 0.3) is 0 Å². The number of nitriles is 1. The lowest BCUT2D eigenvalue weighted by atomic mass is 10.0. The molecular weight excluding hydrogens is 348 g/mol. The zero-order valence-electron chi connectivity index (χ0n) is 15.8. The van der Waals surface area contributed by atoms with Gasteiger partial charge in [0.05, 0.1) is 24.0 Å². The summed E-state index contributed by atoms with van der Waals surface area (Å²) in [5, 5.41) is 13.0. The van der Waals surface area contributed by atoms with Gasteiger partial charge in [-0.3, -0.25) is 0 Å². The third-order valence-electron chi connectivity index (χ3n) is 5.28. The van der Waals surface area contributed by atoms with Crippen molar-refractivity contribution in [3.8, 4) is 6.07 Å². The van der Waals surface area contributed by atoms with E-state index in [0.29, 0.717) is 11.6 Å². The number of hydrogen-bond donors (Lipinski definition) is 1. The number of hydrogen-bond acceptors (Lipinski definition) is 5. The molecule has 4 rings (SSSR count). The lowest BCUT2D eigenvalue weighted by Crippen LogP contribution is -2.44. The molecule has 1 aliphatic heterocycles. The molecule has 0 spiro atoms. The number of aromatic nitrogens is 3. The molecule has 2 aromatic heterocycles. The van der Waals surface area contributed by atoms with Crippen molar-refractivity contribution in [2.24, 2.45) is 0 Å². The first-order valence-corrected chi connectivity index (χ1v) is 9.69. The van der Waals surface area contributed by atoms with Crippen LogP contribution >= 0.6 is 0 Å². The largest absolute Gasteiger partial charge is 0.356 e. The fourth-order valence-corrected chi connectivity index (χ4v) is 3.77. The second-order valence-corrected chi connectivity index (χ2v) is 7.17. The van der Waals surface area contributed by atoms with Crippen molar-refractivity contribution in [2.75, 3.05) is 18.0 Å². The Hall–Kier alpha value is -3.17. The van der Waals surface area contributed by atoms with Crippen LogP contribution in [0, 0.1) is 11.3 Å². The molecule has 1 fully saturated rings. The maximum absolute atomic E-state index is 9.10. The van der Waals surface area contributed by atoms with E-state index in [1.165, 1.54) is 5.56 Å². The first kappa shape index (κ1) is 18.2. The van der Waals surface area contributed by atoms with Gasteiger partial charge < -0.3 is 14.8 Å². The molecule has 6 nitrogen and oxygen atoms in total. The van der Waals surface area contributed by atoms with Crippen molar-refractivity contribution >= 4 is 5.82 Å². The van der Waals surface area contributed by atoms with Gasteiger partial charge >= 0.3 is 0 Å². The van der Waals surface area contributed by atoms with E-state index in [2.05, 4.69) is 61.2 Å². The Morgan fingerprint density at radius 3 is 2.68 bits per heavy atom. The van der Waals surface area contributed by atoms with Gasteiger partial charge in [-0.15, -0.1) is 0 Å². The van der Waals surface area contributed by atoms with Crippen LogP contribution in [-0.4, -0.2) is 33.7 Å². The quantitative estimate of drug-likeness (QED) is 0.720. The summed E-state index contributed by atoms with van der Waals surface area (Å²) < 4.78 is 2.12. The number of pyridine rings is 1. The molecular formula is C22H24N6. The lowest BCUT2D eigenvalue weighted by molar-refractivity contribution is 0.346. The van der Waals surface area contributed by atoms with Crippen LogP contribution < -0.4 is 10.2 Å². The van der Waals surface area contributed by atoms with Crippen molar-refractivity contribution in [1.82, 2.24) is 19.9 Å². The predicted molar refractivity (Wildman–Crippen MR) is 109 cm³/mol. The highest BCUT2D eigenvalue weighted by Crippen LogP contribution is 2.22. The smallest absolute Gasteiger partial charge is 0.129 e. The second-order valence-electron chi connectivity index (χ2n) is 7.17. The first-order valence-electron chi connectivity index (χ1n) is 9.69. The van der Waals surface area contributed by atoms with E-state index in [9.17, 15) is 0 Å². The number of benzene rings is 1. The Morgan fingerprint density at radius 2 is 1.96 bits per heavy atom. The molecule has 1 N–H and O–H groups in total. The van der Waals surface area contributed by atoms with Crippen LogP contribution in [0.2, 0.25) is 0 Å². The molecule has 1 atom stereocenters. The molecule has 3 aromatic rings. The van der Waals surface area contributed by atoms with E-state index < -0.39 is 0 Å². The SMILES string of the molecule is N#Cc1ccnc(N2CCC(NC(Cn3ccnc3)c3ccccc3)CC2)c1. The molecule has 0 aliphatic carbocycles. The Balaban J connectivity index is 1.40. The average Bonchev–Trinajstić information content (AvgIpc) is 3.28. The molecule has 1 aromatic carbocycles. The van der Waals surface area contributed by atoms with Crippen LogP contribution in [0.1, 0.15) is 30.0 Å². The number of nitrogens with zero attached hydrogens (tertiary/aromatic N) is 5. The van der Waals surface area contributed by atoms with E-state index in [-0.39, 0.29) is 6.04 Å². The standard InChI is InChI=1S/C22H24N6/c23-15-18-6-9-25-22(14-18)28-11-7-20(8-12-28)26-21(16-27-13-10-24-17-27)19-4-2-1-3-5-19/h1-6,9-10,13-14,17,20-21,26H,7-8,11-12,16H2. The minimum absolute atomic E-state index is 0.243. The minimum atomic E-state index is 0.243. The number of piperidine rings is 1. The molecule has 0 radical (unpaired) electrons. The van der Waals surface area contributed by atoms with E-state index in [1.807, 2.05) is 24.8 Å². The fourth-order valence-electron chi connectivity index (χ4n) is 3.77. The van der Waals surface area contributed by atoms with Gasteiger partial charge in [0.1, 0.15) is 5.82 Å². The molecule has 0 saturated carbocycles. The zero-order valence-corrected chi connectivity index (χ0v) is 15.8. The summed E-state index contributed by atoms with van der Waals surface area (Å²) in [7, 11) is 0. The fraction of sp³-hybridized carbons (Fsp3) is 0.318. The average molecular weight is 372 g/mol. The molecule has 1 aliphatic rings. The number of rotatable bonds is 6. The van der Waals surface area contributed by atoms with Crippen LogP contribution in [0.3, 0.4) is 0 Å². The molecule has 0 bridgehead atoms. The Bertz CT molecular complexity index is 908. The summed E-state index contributed by atoms with van der Waals surface area (Å²) in [4.78, 5) is 10.9. The van der Waals surface area contributed by atoms with Crippen LogP contribution in [0.4, 0.5) is 5.82 Å². The molecule has 1 saturated heterocycles. The van der Waals surface area contributed by atoms with Gasteiger partial charge in [-0.25, -0.2) is 9.97 Å². The second kappa shape index (κ2) is 8.68. The lowest BCUT2D eigenvalue weighted by Gasteiger charge is -2.35. The monoisotopic (exact) mass is 372 g/mol. The van der Waals surface area contributed by atoms with Crippen molar-refractivity contribution < 1.29 is 0 Å². The maximum atomic E-state index is 9.10. The summed E-state index contributed by atoms with van der Waals surface area (Å²) in [6.45, 7) is 2.73. The summed E-state index contributed by atoms with van der Waals surface area (Å²) in [6, 6.07) is 17.1.